The molecule has 49 heavy (non-hydrogen) atoms. The Morgan fingerprint density at radius 3 is 2.37 bits per heavy atom. The van der Waals surface area contributed by atoms with Crippen molar-refractivity contribution in [3.05, 3.63) is 35.4 Å². The number of hydrazine groups is 1. The molecule has 6 amide bonds. The molecule has 0 saturated carbocycles. The summed E-state index contributed by atoms with van der Waals surface area (Å²) in [4.78, 5) is 66.5. The Balaban J connectivity index is 1.23. The van der Waals surface area contributed by atoms with Crippen LogP contribution in [0.3, 0.4) is 0 Å². The zero-order chi connectivity index (χ0) is 35.8. The van der Waals surface area contributed by atoms with Gasteiger partial charge in [-0.25, -0.2) is 20.4 Å². The summed E-state index contributed by atoms with van der Waals surface area (Å²) in [6.45, 7) is 8.45. The Bertz CT molecular complexity index is 1330. The monoisotopic (exact) mass is 702 g/mol. The van der Waals surface area contributed by atoms with Crippen LogP contribution in [0.4, 0.5) is 9.59 Å². The lowest BCUT2D eigenvalue weighted by Crippen LogP contribution is -2.49. The third kappa shape index (κ3) is 11.5. The first-order valence-corrected chi connectivity index (χ1v) is 18.3. The van der Waals surface area contributed by atoms with E-state index in [0.717, 1.165) is 30.6 Å². The van der Waals surface area contributed by atoms with Crippen LogP contribution in [0.2, 0.25) is 0 Å². The lowest BCUT2D eigenvalue weighted by Gasteiger charge is -2.27. The van der Waals surface area contributed by atoms with Crippen molar-refractivity contribution in [3.63, 3.8) is 0 Å². The minimum Gasteiger partial charge on any atom is -0.444 e. The van der Waals surface area contributed by atoms with Gasteiger partial charge in [-0.1, -0.05) is 18.6 Å². The predicted octanol–water partition coefficient (Wildman–Crippen LogP) is 2.40. The van der Waals surface area contributed by atoms with E-state index in [1.165, 1.54) is 0 Å². The fraction of sp³-hybridized carbons (Fsp3) is 0.676. The van der Waals surface area contributed by atoms with E-state index in [9.17, 15) is 24.0 Å². The number of likely N-dealkylation sites (N-methyl/N-ethyl adjacent to an activating group) is 2. The molecule has 1 aromatic rings. The van der Waals surface area contributed by atoms with Crippen LogP contribution >= 0.6 is 11.8 Å². The highest BCUT2D eigenvalue weighted by molar-refractivity contribution is 8.00. The first kappa shape index (κ1) is 38.2. The fourth-order valence-corrected chi connectivity index (χ4v) is 7.47. The zero-order valence-electron chi connectivity index (χ0n) is 29.6. The number of unbranched alkanes of at least 4 members (excludes halogenated alkanes) is 2. The topological polar surface area (TPSA) is 193 Å². The third-order valence-corrected chi connectivity index (χ3v) is 10.6. The van der Waals surface area contributed by atoms with Gasteiger partial charge in [-0.3, -0.25) is 14.4 Å². The van der Waals surface area contributed by atoms with Gasteiger partial charge < -0.3 is 35.8 Å². The van der Waals surface area contributed by atoms with Gasteiger partial charge in [0.15, 0.2) is 0 Å². The lowest BCUT2D eigenvalue weighted by atomic mass is 10.0. The average molecular weight is 703 g/mol. The molecule has 3 fully saturated rings. The van der Waals surface area contributed by atoms with Gasteiger partial charge in [0.1, 0.15) is 17.3 Å². The number of rotatable bonds is 17. The SMILES string of the molecule is CN(CCN(C)C(=O)[C@H](CCCCNC(=O)OC(C)(C)C)NC(=O)c1ccc(C2(C)NN2)cc1)C(=O)CCCC[C@H]1SC[C@H]2NC(=O)N[C@H]21. The summed E-state index contributed by atoms with van der Waals surface area (Å²) < 4.78 is 5.28. The normalized spacial score (nSPS) is 21.1. The van der Waals surface area contributed by atoms with Crippen molar-refractivity contribution >= 4 is 41.6 Å². The molecule has 0 spiro atoms. The number of amides is 6. The number of thioether (sulfide) groups is 1. The molecule has 272 valence electrons. The highest BCUT2D eigenvalue weighted by Gasteiger charge is 2.42. The molecule has 3 saturated heterocycles. The molecule has 14 nitrogen and oxygen atoms in total. The second-order valence-electron chi connectivity index (χ2n) is 14.3. The van der Waals surface area contributed by atoms with E-state index in [-0.39, 0.29) is 41.5 Å². The second kappa shape index (κ2) is 16.9. The van der Waals surface area contributed by atoms with Gasteiger partial charge in [-0.15, -0.1) is 0 Å². The summed E-state index contributed by atoms with van der Waals surface area (Å²) in [7, 11) is 3.42. The van der Waals surface area contributed by atoms with E-state index in [4.69, 9.17) is 4.74 Å². The van der Waals surface area contributed by atoms with Crippen LogP contribution in [0.1, 0.15) is 88.6 Å². The van der Waals surface area contributed by atoms with Crippen molar-refractivity contribution in [1.29, 1.82) is 0 Å². The zero-order valence-corrected chi connectivity index (χ0v) is 30.5. The van der Waals surface area contributed by atoms with Crippen LogP contribution < -0.4 is 32.1 Å². The van der Waals surface area contributed by atoms with E-state index < -0.39 is 17.7 Å². The summed E-state index contributed by atoms with van der Waals surface area (Å²) in [6.07, 6.45) is 4.09. The Kier molecular flexibility index (Phi) is 13.2. The number of benzene rings is 1. The molecule has 15 heteroatoms. The maximum Gasteiger partial charge on any atom is 0.407 e. The van der Waals surface area contributed by atoms with Gasteiger partial charge in [-0.2, -0.15) is 11.8 Å². The van der Waals surface area contributed by atoms with Gasteiger partial charge in [0.25, 0.3) is 5.91 Å². The lowest BCUT2D eigenvalue weighted by molar-refractivity contribution is -0.134. The van der Waals surface area contributed by atoms with Crippen molar-refractivity contribution in [2.24, 2.45) is 0 Å². The van der Waals surface area contributed by atoms with Gasteiger partial charge >= 0.3 is 12.1 Å². The van der Waals surface area contributed by atoms with Crippen LogP contribution in [0.5, 0.6) is 0 Å². The van der Waals surface area contributed by atoms with Gasteiger partial charge in [-0.05, 0) is 77.5 Å². The quantitative estimate of drug-likeness (QED) is 0.0804. The Morgan fingerprint density at radius 1 is 1.00 bits per heavy atom. The largest absolute Gasteiger partial charge is 0.444 e. The van der Waals surface area contributed by atoms with E-state index in [0.29, 0.717) is 56.1 Å². The molecule has 0 bridgehead atoms. The summed E-state index contributed by atoms with van der Waals surface area (Å²) in [5.41, 5.74) is 6.69. The summed E-state index contributed by atoms with van der Waals surface area (Å²) in [5.74, 6) is 0.341. The first-order valence-electron chi connectivity index (χ1n) is 17.3. The molecule has 1 aromatic carbocycles. The van der Waals surface area contributed by atoms with Crippen molar-refractivity contribution in [2.75, 3.05) is 39.5 Å². The molecular formula is C34H54N8O6S. The highest BCUT2D eigenvalue weighted by atomic mass is 32.2. The molecule has 3 aliphatic heterocycles. The molecular weight excluding hydrogens is 648 g/mol. The van der Waals surface area contributed by atoms with Crippen LogP contribution in [-0.4, -0.2) is 108 Å². The molecule has 4 atom stereocenters. The first-order chi connectivity index (χ1) is 23.1. The summed E-state index contributed by atoms with van der Waals surface area (Å²) in [5, 5.41) is 12.0. The number of hydrogen-bond acceptors (Lipinski definition) is 9. The predicted molar refractivity (Wildman–Crippen MR) is 189 cm³/mol. The van der Waals surface area contributed by atoms with Crippen LogP contribution in [0.15, 0.2) is 24.3 Å². The van der Waals surface area contributed by atoms with Gasteiger partial charge in [0.2, 0.25) is 11.8 Å². The van der Waals surface area contributed by atoms with Crippen molar-refractivity contribution in [1.82, 2.24) is 41.9 Å². The number of hydrogen-bond donors (Lipinski definition) is 6. The maximum absolute atomic E-state index is 13.6. The third-order valence-electron chi connectivity index (χ3n) is 9.06. The number of nitrogens with zero attached hydrogens (tertiary/aromatic N) is 2. The fourth-order valence-electron chi connectivity index (χ4n) is 5.93. The Morgan fingerprint density at radius 2 is 1.69 bits per heavy atom. The number of carbonyl (C=O) groups excluding carboxylic acids is 5. The highest BCUT2D eigenvalue weighted by Crippen LogP contribution is 2.33. The van der Waals surface area contributed by atoms with Gasteiger partial charge in [0.05, 0.1) is 12.1 Å². The Labute approximate surface area is 293 Å². The molecule has 3 aliphatic rings. The van der Waals surface area contributed by atoms with Crippen LogP contribution in [0.25, 0.3) is 0 Å². The number of urea groups is 1. The van der Waals surface area contributed by atoms with E-state index in [1.807, 2.05) is 30.8 Å². The number of fused-ring (bicyclic) bond motifs is 1. The summed E-state index contributed by atoms with van der Waals surface area (Å²) in [6, 6.07) is 6.70. The smallest absolute Gasteiger partial charge is 0.407 e. The molecule has 0 unspecified atom stereocenters. The van der Waals surface area contributed by atoms with Crippen molar-refractivity contribution in [3.8, 4) is 0 Å². The van der Waals surface area contributed by atoms with Crippen LogP contribution in [-0.2, 0) is 20.0 Å². The number of alkyl carbamates (subject to hydrolysis) is 1. The number of nitrogens with one attached hydrogen (secondary N) is 6. The Hall–Kier alpha value is -3.56. The van der Waals surface area contributed by atoms with Gasteiger partial charge in [0, 0.05) is 56.7 Å². The molecule has 0 aliphatic carbocycles. The van der Waals surface area contributed by atoms with Crippen LogP contribution in [0, 0.1) is 0 Å². The standard InChI is InChI=1S/C34H54N8O6S/c1-33(2,3)48-32(47)35-18-10-9-11-24(36-29(44)22-14-16-23(17-15-22)34(4)39-40-34)30(45)42(6)20-19-41(5)27(43)13-8-7-12-26-28-25(21-49-26)37-31(46)38-28/h14-17,24-26,28,39-40H,7-13,18-21H2,1-6H3,(H,35,47)(H,36,44)(H2,37,38,46)/t24-,25+,26+,28+/m0/s1. The molecule has 4 rings (SSSR count). The molecule has 3 heterocycles. The minimum atomic E-state index is -0.781. The molecule has 0 aromatic heterocycles. The number of carbonyl (C=O) groups is 5. The summed E-state index contributed by atoms with van der Waals surface area (Å²) >= 11 is 1.87. The van der Waals surface area contributed by atoms with Crippen molar-refractivity contribution in [2.45, 2.75) is 107 Å². The van der Waals surface area contributed by atoms with E-state index in [1.54, 1.807) is 56.8 Å². The molecule has 6 N–H and O–H groups in total. The molecule has 0 radical (unpaired) electrons. The van der Waals surface area contributed by atoms with E-state index in [2.05, 4.69) is 32.1 Å². The van der Waals surface area contributed by atoms with Crippen molar-refractivity contribution < 1.29 is 28.7 Å². The maximum atomic E-state index is 13.6. The second-order valence-corrected chi connectivity index (χ2v) is 15.6. The minimum absolute atomic E-state index is 0.0184. The average Bonchev–Trinajstić information content (AvgIpc) is 3.54. The number of ether oxygens (including phenoxy) is 1. The van der Waals surface area contributed by atoms with E-state index >= 15 is 0 Å².